The maximum absolute atomic E-state index is 13.4. The minimum absolute atomic E-state index is 0.0673. The summed E-state index contributed by atoms with van der Waals surface area (Å²) in [6, 6.07) is 12.9. The number of ether oxygens (including phenoxy) is 1. The topological polar surface area (TPSA) is 116 Å². The second-order valence-electron chi connectivity index (χ2n) is 8.59. The monoisotopic (exact) mass is 468 g/mol. The standard InChI is InChI=1S/C25H30N2O4.CH2O2/c1-2-3-4-7-14-31-22-9-6-5-8-19(22)17-27(25(30)12-13-25)24(29)18-10-11-21-20(15-18)16-23(28)26-21;2-1-3/h5-6,8-11,15,30H,2-4,7,12-14,16-17H2,1H3,(H,26,28);1H,(H,2,3). The van der Waals surface area contributed by atoms with Crippen LogP contribution in [0.5, 0.6) is 5.75 Å². The van der Waals surface area contributed by atoms with Gasteiger partial charge in [0.05, 0.1) is 19.6 Å². The molecular formula is C26H32N2O6. The fourth-order valence-corrected chi connectivity index (χ4v) is 3.96. The summed E-state index contributed by atoms with van der Waals surface area (Å²) >= 11 is 0. The zero-order chi connectivity index (χ0) is 24.6. The van der Waals surface area contributed by atoms with Crippen LogP contribution in [0, 0.1) is 0 Å². The first-order chi connectivity index (χ1) is 16.4. The summed E-state index contributed by atoms with van der Waals surface area (Å²) in [6.07, 6.45) is 5.90. The van der Waals surface area contributed by atoms with E-state index < -0.39 is 5.72 Å². The number of carbonyl (C=O) groups excluding carboxylic acids is 2. The van der Waals surface area contributed by atoms with Gasteiger partial charge in [0.2, 0.25) is 5.91 Å². The van der Waals surface area contributed by atoms with Gasteiger partial charge in [-0.1, -0.05) is 44.4 Å². The molecule has 1 aliphatic heterocycles. The molecule has 0 atom stereocenters. The molecule has 0 saturated heterocycles. The van der Waals surface area contributed by atoms with Crippen LogP contribution in [-0.2, 0) is 22.6 Å². The van der Waals surface area contributed by atoms with E-state index in [4.69, 9.17) is 14.6 Å². The molecule has 2 aromatic carbocycles. The first kappa shape index (κ1) is 25.2. The van der Waals surface area contributed by atoms with E-state index >= 15 is 0 Å². The number of nitrogens with one attached hydrogen (secondary N) is 1. The zero-order valence-electron chi connectivity index (χ0n) is 19.5. The third kappa shape index (κ3) is 6.35. The Bertz CT molecular complexity index is 1020. The average Bonchev–Trinajstić information content (AvgIpc) is 3.45. The molecule has 1 saturated carbocycles. The molecule has 8 nitrogen and oxygen atoms in total. The summed E-state index contributed by atoms with van der Waals surface area (Å²) in [6.45, 7) is 2.84. The summed E-state index contributed by atoms with van der Waals surface area (Å²) < 4.78 is 6.01. The number of hydrogen-bond acceptors (Lipinski definition) is 5. The summed E-state index contributed by atoms with van der Waals surface area (Å²) in [5.74, 6) is 0.451. The van der Waals surface area contributed by atoms with Crippen LogP contribution in [0.25, 0.3) is 0 Å². The van der Waals surface area contributed by atoms with Crippen LogP contribution in [-0.4, -0.2) is 45.7 Å². The molecule has 0 radical (unpaired) electrons. The number of unbranched alkanes of at least 4 members (excludes halogenated alkanes) is 3. The maximum atomic E-state index is 13.4. The molecule has 2 amide bonds. The zero-order valence-corrected chi connectivity index (χ0v) is 19.5. The van der Waals surface area contributed by atoms with Crippen molar-refractivity contribution in [3.05, 3.63) is 59.2 Å². The normalized spacial score (nSPS) is 14.8. The predicted molar refractivity (Wildman–Crippen MR) is 128 cm³/mol. The van der Waals surface area contributed by atoms with Gasteiger partial charge in [0.25, 0.3) is 12.4 Å². The van der Waals surface area contributed by atoms with Crippen LogP contribution in [0.4, 0.5) is 5.69 Å². The van der Waals surface area contributed by atoms with Gasteiger partial charge in [-0.15, -0.1) is 0 Å². The SMILES string of the molecule is CCCCCCOc1ccccc1CN(C(=O)c1ccc2c(c1)CC(=O)N2)C1(O)CC1.O=CO. The van der Waals surface area contributed by atoms with Crippen molar-refractivity contribution < 1.29 is 29.3 Å². The van der Waals surface area contributed by atoms with Gasteiger partial charge in [-0.05, 0) is 49.1 Å². The number of carbonyl (C=O) groups is 3. The van der Waals surface area contributed by atoms with Crippen molar-refractivity contribution in [2.24, 2.45) is 0 Å². The highest BCUT2D eigenvalue weighted by Crippen LogP contribution is 2.41. The van der Waals surface area contributed by atoms with Gasteiger partial charge in [0.1, 0.15) is 11.5 Å². The first-order valence-electron chi connectivity index (χ1n) is 11.7. The first-order valence-corrected chi connectivity index (χ1v) is 11.7. The maximum Gasteiger partial charge on any atom is 0.290 e. The molecule has 1 heterocycles. The highest BCUT2D eigenvalue weighted by atomic mass is 16.5. The van der Waals surface area contributed by atoms with Gasteiger partial charge in [0.15, 0.2) is 0 Å². The Morgan fingerprint density at radius 2 is 1.91 bits per heavy atom. The molecule has 0 unspecified atom stereocenters. The predicted octanol–water partition coefficient (Wildman–Crippen LogP) is 3.97. The largest absolute Gasteiger partial charge is 0.493 e. The van der Waals surface area contributed by atoms with Crippen LogP contribution in [0.1, 0.15) is 66.9 Å². The highest BCUT2D eigenvalue weighted by molar-refractivity contribution is 6.01. The molecule has 2 aliphatic rings. The van der Waals surface area contributed by atoms with E-state index in [1.54, 1.807) is 18.2 Å². The fraction of sp³-hybridized carbons (Fsp3) is 0.423. The summed E-state index contributed by atoms with van der Waals surface area (Å²) in [5, 5.41) is 20.6. The summed E-state index contributed by atoms with van der Waals surface area (Å²) in [4.78, 5) is 34.9. The number of fused-ring (bicyclic) bond motifs is 1. The molecule has 8 heteroatoms. The lowest BCUT2D eigenvalue weighted by atomic mass is 10.1. The van der Waals surface area contributed by atoms with Crippen molar-refractivity contribution in [3.8, 4) is 5.75 Å². The van der Waals surface area contributed by atoms with E-state index in [9.17, 15) is 14.7 Å². The van der Waals surface area contributed by atoms with Crippen LogP contribution < -0.4 is 10.1 Å². The van der Waals surface area contributed by atoms with Crippen molar-refractivity contribution in [1.82, 2.24) is 4.90 Å². The van der Waals surface area contributed by atoms with Gasteiger partial charge in [-0.25, -0.2) is 0 Å². The second-order valence-corrected chi connectivity index (χ2v) is 8.59. The highest BCUT2D eigenvalue weighted by Gasteiger charge is 2.49. The smallest absolute Gasteiger partial charge is 0.290 e. The lowest BCUT2D eigenvalue weighted by Crippen LogP contribution is -2.41. The van der Waals surface area contributed by atoms with Gasteiger partial charge >= 0.3 is 0 Å². The molecule has 0 aromatic heterocycles. The molecular weight excluding hydrogens is 436 g/mol. The van der Waals surface area contributed by atoms with Gasteiger partial charge in [0, 0.05) is 16.8 Å². The van der Waals surface area contributed by atoms with E-state index in [1.807, 2.05) is 24.3 Å². The van der Waals surface area contributed by atoms with Crippen LogP contribution in [0.2, 0.25) is 0 Å². The molecule has 3 N–H and O–H groups in total. The summed E-state index contributed by atoms with van der Waals surface area (Å²) in [5.41, 5.74) is 1.80. The lowest BCUT2D eigenvalue weighted by molar-refractivity contribution is -0.123. The Kier molecular flexibility index (Phi) is 8.65. The molecule has 1 fully saturated rings. The summed E-state index contributed by atoms with van der Waals surface area (Å²) in [7, 11) is 0. The van der Waals surface area contributed by atoms with Gasteiger partial charge < -0.3 is 25.2 Å². The van der Waals surface area contributed by atoms with Crippen molar-refractivity contribution in [1.29, 1.82) is 0 Å². The van der Waals surface area contributed by atoms with E-state index in [1.165, 1.54) is 17.7 Å². The van der Waals surface area contributed by atoms with E-state index in [0.717, 1.165) is 35.4 Å². The lowest BCUT2D eigenvalue weighted by Gasteiger charge is -2.29. The Labute approximate surface area is 199 Å². The van der Waals surface area contributed by atoms with Gasteiger partial charge in [-0.3, -0.25) is 14.4 Å². The molecule has 1 aliphatic carbocycles. The number of carboxylic acid groups (broad SMARTS) is 1. The van der Waals surface area contributed by atoms with Crippen molar-refractivity contribution in [2.45, 2.75) is 64.1 Å². The van der Waals surface area contributed by atoms with E-state index in [0.29, 0.717) is 25.0 Å². The molecule has 182 valence electrons. The Morgan fingerprint density at radius 3 is 2.62 bits per heavy atom. The molecule has 0 spiro atoms. The van der Waals surface area contributed by atoms with Gasteiger partial charge in [-0.2, -0.15) is 0 Å². The van der Waals surface area contributed by atoms with Crippen molar-refractivity contribution in [2.75, 3.05) is 11.9 Å². The second kappa shape index (κ2) is 11.7. The molecule has 0 bridgehead atoms. The quantitative estimate of drug-likeness (QED) is 0.276. The minimum Gasteiger partial charge on any atom is -0.493 e. The number of anilines is 1. The van der Waals surface area contributed by atoms with E-state index in [2.05, 4.69) is 12.2 Å². The molecule has 34 heavy (non-hydrogen) atoms. The number of para-hydroxylation sites is 1. The number of rotatable bonds is 10. The van der Waals surface area contributed by atoms with Crippen LogP contribution in [0.3, 0.4) is 0 Å². The van der Waals surface area contributed by atoms with Crippen LogP contribution in [0.15, 0.2) is 42.5 Å². The van der Waals surface area contributed by atoms with E-state index in [-0.39, 0.29) is 31.3 Å². The molecule has 4 rings (SSSR count). The Balaban J connectivity index is 0.00000103. The number of aliphatic hydroxyl groups is 1. The van der Waals surface area contributed by atoms with Crippen molar-refractivity contribution >= 4 is 24.0 Å². The molecule has 2 aromatic rings. The average molecular weight is 469 g/mol. The minimum atomic E-state index is -1.13. The number of benzene rings is 2. The van der Waals surface area contributed by atoms with Crippen molar-refractivity contribution in [3.63, 3.8) is 0 Å². The number of amides is 2. The number of hydrogen-bond donors (Lipinski definition) is 3. The Hall–Kier alpha value is -3.39. The third-order valence-corrected chi connectivity index (χ3v) is 5.98. The third-order valence-electron chi connectivity index (χ3n) is 5.98. The number of nitrogens with zero attached hydrogens (tertiary/aromatic N) is 1. The fourth-order valence-electron chi connectivity index (χ4n) is 3.96. The Morgan fingerprint density at radius 1 is 1.18 bits per heavy atom. The van der Waals surface area contributed by atoms with Crippen LogP contribution >= 0.6 is 0 Å².